The number of ether oxygens (including phenoxy) is 3. The number of nitrogen functional groups attached to an aromatic ring is 1. The van der Waals surface area contributed by atoms with Gasteiger partial charge in [-0.1, -0.05) is 20.8 Å². The maximum absolute atomic E-state index is 12.9. The first kappa shape index (κ1) is 28.2. The molecule has 202 valence electrons. The minimum Gasteiger partial charge on any atom is -0.479 e. The van der Waals surface area contributed by atoms with Gasteiger partial charge in [-0.2, -0.15) is 9.97 Å². The summed E-state index contributed by atoms with van der Waals surface area (Å²) in [5.74, 6) is -0.505. The lowest BCUT2D eigenvalue weighted by Crippen LogP contribution is -2.44. The highest BCUT2D eigenvalue weighted by Gasteiger charge is 2.54. The van der Waals surface area contributed by atoms with Gasteiger partial charge in [0.2, 0.25) is 11.8 Å². The first-order valence-electron chi connectivity index (χ1n) is 11.3. The lowest BCUT2D eigenvalue weighted by molar-refractivity contribution is -0.148. The van der Waals surface area contributed by atoms with Gasteiger partial charge in [0, 0.05) is 6.66 Å². The molecule has 0 saturated carbocycles. The largest absolute Gasteiger partial charge is 0.479 e. The maximum atomic E-state index is 12.9. The monoisotopic (exact) mass is 530 g/mol. The van der Waals surface area contributed by atoms with Crippen molar-refractivity contribution in [1.29, 1.82) is 0 Å². The van der Waals surface area contributed by atoms with Crippen molar-refractivity contribution in [2.45, 2.75) is 64.7 Å². The molecule has 2 aromatic rings. The number of carbonyl (C=O) groups is 1. The van der Waals surface area contributed by atoms with E-state index in [-0.39, 0.29) is 41.6 Å². The lowest BCUT2D eigenvalue weighted by Gasteiger charge is -2.27. The fourth-order valence-corrected chi connectivity index (χ4v) is 4.98. The zero-order chi connectivity index (χ0) is 27.1. The molecular formula is C21H35N6O8P. The second-order valence-corrected chi connectivity index (χ2v) is 12.5. The Morgan fingerprint density at radius 1 is 1.42 bits per heavy atom. The quantitative estimate of drug-likeness (QED) is 0.263. The summed E-state index contributed by atoms with van der Waals surface area (Å²) in [5.41, 5.74) is 4.26. The van der Waals surface area contributed by atoms with Gasteiger partial charge in [0.25, 0.3) is 7.52 Å². The van der Waals surface area contributed by atoms with Crippen LogP contribution in [0.5, 0.6) is 5.88 Å². The lowest BCUT2D eigenvalue weighted by atomic mass is 9.96. The second kappa shape index (κ2) is 10.2. The van der Waals surface area contributed by atoms with Gasteiger partial charge in [0.15, 0.2) is 17.4 Å². The van der Waals surface area contributed by atoms with Crippen molar-refractivity contribution in [3.63, 3.8) is 0 Å². The molecule has 1 fully saturated rings. The van der Waals surface area contributed by atoms with E-state index in [0.29, 0.717) is 0 Å². The van der Waals surface area contributed by atoms with E-state index in [1.54, 1.807) is 0 Å². The van der Waals surface area contributed by atoms with Crippen LogP contribution in [0.1, 0.15) is 40.8 Å². The molecular weight excluding hydrogens is 495 g/mol. The number of aliphatic hydroxyl groups is 2. The van der Waals surface area contributed by atoms with E-state index < -0.39 is 43.6 Å². The SMILES string of the molecule is COc1nc(N)nc2c1ncn2[C@@H]1O[C@H](CO[P@@](C)(=O)N[C@@H](C)C(=O)OCC(C)(C)C)[C@@H](O)[C@@]1(C)O. The Morgan fingerprint density at radius 2 is 2.08 bits per heavy atom. The van der Waals surface area contributed by atoms with Crippen molar-refractivity contribution in [3.05, 3.63) is 6.33 Å². The second-order valence-electron chi connectivity index (χ2n) is 10.3. The molecule has 0 aliphatic carbocycles. The van der Waals surface area contributed by atoms with Gasteiger partial charge < -0.3 is 34.7 Å². The van der Waals surface area contributed by atoms with Gasteiger partial charge >= 0.3 is 5.97 Å². The highest BCUT2D eigenvalue weighted by molar-refractivity contribution is 7.56. The van der Waals surface area contributed by atoms with Crippen LogP contribution in [0.4, 0.5) is 5.95 Å². The smallest absolute Gasteiger partial charge is 0.323 e. The Morgan fingerprint density at radius 3 is 2.69 bits per heavy atom. The number of fused-ring (bicyclic) bond motifs is 1. The maximum Gasteiger partial charge on any atom is 0.323 e. The summed E-state index contributed by atoms with van der Waals surface area (Å²) in [6.45, 7) is 9.82. The fourth-order valence-electron chi connectivity index (χ4n) is 3.67. The molecule has 1 aliphatic rings. The van der Waals surface area contributed by atoms with Gasteiger partial charge in [0.05, 0.1) is 26.7 Å². The van der Waals surface area contributed by atoms with E-state index in [4.69, 9.17) is 24.5 Å². The van der Waals surface area contributed by atoms with E-state index in [2.05, 4.69) is 20.0 Å². The Labute approximate surface area is 209 Å². The molecule has 0 aromatic carbocycles. The summed E-state index contributed by atoms with van der Waals surface area (Å²) in [7, 11) is -2.12. The Kier molecular flexibility index (Phi) is 7.99. The highest BCUT2D eigenvalue weighted by atomic mass is 31.2. The van der Waals surface area contributed by atoms with Crippen LogP contribution in [0.3, 0.4) is 0 Å². The van der Waals surface area contributed by atoms with Gasteiger partial charge in [-0.3, -0.25) is 13.9 Å². The van der Waals surface area contributed by atoms with Crippen LogP contribution in [0.25, 0.3) is 11.2 Å². The molecule has 2 aromatic heterocycles. The Bertz CT molecular complexity index is 1150. The summed E-state index contributed by atoms with van der Waals surface area (Å²) >= 11 is 0. The molecule has 3 heterocycles. The summed E-state index contributed by atoms with van der Waals surface area (Å²) in [6.07, 6.45) is -2.27. The molecule has 3 rings (SSSR count). The zero-order valence-electron chi connectivity index (χ0n) is 21.5. The number of imidazole rings is 1. The number of esters is 1. The molecule has 1 saturated heterocycles. The number of methoxy groups -OCH3 is 1. The molecule has 36 heavy (non-hydrogen) atoms. The van der Waals surface area contributed by atoms with Crippen molar-refractivity contribution in [2.75, 3.05) is 32.7 Å². The van der Waals surface area contributed by atoms with Crippen LogP contribution >= 0.6 is 7.52 Å². The van der Waals surface area contributed by atoms with E-state index in [9.17, 15) is 19.6 Å². The van der Waals surface area contributed by atoms with E-state index in [1.807, 2.05) is 20.8 Å². The molecule has 0 unspecified atom stereocenters. The summed E-state index contributed by atoms with van der Waals surface area (Å²) in [5, 5.41) is 24.5. The molecule has 0 amide bonds. The minimum absolute atomic E-state index is 0.0766. The first-order chi connectivity index (χ1) is 16.6. The number of aliphatic hydroxyl groups excluding tert-OH is 1. The number of carbonyl (C=O) groups excluding carboxylic acids is 1. The molecule has 0 radical (unpaired) electrons. The van der Waals surface area contributed by atoms with Crippen molar-refractivity contribution in [1.82, 2.24) is 24.6 Å². The topological polar surface area (TPSA) is 193 Å². The van der Waals surface area contributed by atoms with Crippen LogP contribution < -0.4 is 15.6 Å². The highest BCUT2D eigenvalue weighted by Crippen LogP contribution is 2.43. The van der Waals surface area contributed by atoms with Crippen LogP contribution in [-0.4, -0.2) is 86.5 Å². The molecule has 0 bridgehead atoms. The number of nitrogens with two attached hydrogens (primary N) is 1. The summed E-state index contributed by atoms with van der Waals surface area (Å²) < 4.78 is 36.2. The number of aromatic nitrogens is 4. The predicted molar refractivity (Wildman–Crippen MR) is 129 cm³/mol. The third-order valence-electron chi connectivity index (χ3n) is 5.52. The molecule has 1 aliphatic heterocycles. The van der Waals surface area contributed by atoms with Crippen molar-refractivity contribution in [2.24, 2.45) is 5.41 Å². The fraction of sp³-hybridized carbons (Fsp3) is 0.714. The molecule has 14 nitrogen and oxygen atoms in total. The van der Waals surface area contributed by atoms with Gasteiger partial charge in [-0.05, 0) is 19.3 Å². The van der Waals surface area contributed by atoms with Gasteiger partial charge in [-0.15, -0.1) is 0 Å². The predicted octanol–water partition coefficient (Wildman–Crippen LogP) is 0.833. The third kappa shape index (κ3) is 6.13. The van der Waals surface area contributed by atoms with Gasteiger partial charge in [-0.25, -0.2) is 10.1 Å². The number of hydrogen-bond acceptors (Lipinski definition) is 12. The average Bonchev–Trinajstić information content (AvgIpc) is 3.27. The summed E-state index contributed by atoms with van der Waals surface area (Å²) in [4.78, 5) is 24.6. The number of anilines is 1. The molecule has 5 N–H and O–H groups in total. The zero-order valence-corrected chi connectivity index (χ0v) is 22.4. The van der Waals surface area contributed by atoms with E-state index in [0.717, 1.165) is 0 Å². The summed E-state index contributed by atoms with van der Waals surface area (Å²) in [6, 6.07) is -0.897. The molecule has 0 spiro atoms. The normalized spacial score (nSPS) is 27.1. The minimum atomic E-state index is -3.52. The number of hydrogen-bond donors (Lipinski definition) is 4. The average molecular weight is 531 g/mol. The standard InChI is InChI=1S/C21H35N6O8P/c1-11(17(29)33-9-20(2,3)4)26-36(7,31)34-8-12-14(28)21(5,30)18(35-12)27-10-23-13-15(27)24-19(22)25-16(13)32-6/h10-12,14,18,28,30H,8-9H2,1-7H3,(H,26,31)(H2,22,24,25)/t11-,12+,14+,18+,21+,36+/m0/s1. The van der Waals surface area contributed by atoms with E-state index in [1.165, 1.54) is 38.5 Å². The number of rotatable bonds is 9. The van der Waals surface area contributed by atoms with Crippen LogP contribution in [0.15, 0.2) is 6.33 Å². The van der Waals surface area contributed by atoms with Crippen molar-refractivity contribution >= 4 is 30.6 Å². The van der Waals surface area contributed by atoms with Crippen LogP contribution in [-0.2, 0) is 23.4 Å². The van der Waals surface area contributed by atoms with Crippen LogP contribution in [0.2, 0.25) is 0 Å². The third-order valence-corrected chi connectivity index (χ3v) is 7.02. The van der Waals surface area contributed by atoms with E-state index >= 15 is 0 Å². The number of nitrogens with zero attached hydrogens (tertiary/aromatic N) is 4. The number of nitrogens with one attached hydrogen (secondary N) is 1. The first-order valence-corrected chi connectivity index (χ1v) is 13.4. The Hall–Kier alpha value is -2.35. The van der Waals surface area contributed by atoms with Gasteiger partial charge in [0.1, 0.15) is 23.9 Å². The van der Waals surface area contributed by atoms with Crippen molar-refractivity contribution < 1.29 is 38.3 Å². The van der Waals surface area contributed by atoms with Crippen molar-refractivity contribution in [3.8, 4) is 5.88 Å². The molecule has 15 heteroatoms. The Balaban J connectivity index is 1.69. The molecule has 6 atom stereocenters. The van der Waals surface area contributed by atoms with Crippen LogP contribution in [0, 0.1) is 5.41 Å².